The summed E-state index contributed by atoms with van der Waals surface area (Å²) < 4.78 is 32.9. The van der Waals surface area contributed by atoms with Gasteiger partial charge in [-0.3, -0.25) is 4.98 Å². The second-order valence-electron chi connectivity index (χ2n) is 4.01. The first-order valence-corrected chi connectivity index (χ1v) is 6.45. The van der Waals surface area contributed by atoms with Crippen molar-refractivity contribution in [2.45, 2.75) is 13.0 Å². The van der Waals surface area contributed by atoms with Crippen molar-refractivity contribution in [3.63, 3.8) is 0 Å². The van der Waals surface area contributed by atoms with Crippen LogP contribution in [0, 0.1) is 21.7 Å². The molecule has 0 bridgehead atoms. The molecule has 0 aliphatic carbocycles. The Balaban J connectivity index is 2.38. The van der Waals surface area contributed by atoms with Crippen molar-refractivity contribution in [1.29, 1.82) is 0 Å². The van der Waals surface area contributed by atoms with Crippen LogP contribution in [0.15, 0.2) is 29.1 Å². The molecule has 0 aromatic carbocycles. The Morgan fingerprint density at radius 1 is 1.33 bits per heavy atom. The number of pyridine rings is 2. The van der Waals surface area contributed by atoms with E-state index in [4.69, 9.17) is 4.74 Å². The van der Waals surface area contributed by atoms with Gasteiger partial charge in [0, 0.05) is 6.07 Å². The summed E-state index contributed by atoms with van der Waals surface area (Å²) in [4.78, 5) is 17.1. The molecule has 0 saturated heterocycles. The number of hydrogen-bond donors (Lipinski definition) is 0. The number of ether oxygens (including phenoxy) is 1. The number of hydrogen-bond acceptors (Lipinski definition) is 5. The molecule has 2 heterocycles. The highest BCUT2D eigenvalue weighted by molar-refractivity contribution is 9.10. The van der Waals surface area contributed by atoms with Crippen LogP contribution in [-0.4, -0.2) is 14.9 Å². The van der Waals surface area contributed by atoms with Crippen molar-refractivity contribution in [1.82, 2.24) is 9.97 Å². The molecular weight excluding hydrogens is 352 g/mol. The number of rotatable bonds is 4. The van der Waals surface area contributed by atoms with Crippen LogP contribution >= 0.6 is 15.9 Å². The smallest absolute Gasteiger partial charge is 0.406 e. The lowest BCUT2D eigenvalue weighted by molar-refractivity contribution is -0.390. The Kier molecular flexibility index (Phi) is 4.41. The van der Waals surface area contributed by atoms with Crippen molar-refractivity contribution < 1.29 is 18.4 Å². The van der Waals surface area contributed by atoms with Crippen LogP contribution in [0.2, 0.25) is 0 Å². The van der Waals surface area contributed by atoms with Crippen LogP contribution in [0.3, 0.4) is 0 Å². The fraction of sp³-hybridized carbons (Fsp3) is 0.167. The van der Waals surface area contributed by atoms with E-state index in [0.29, 0.717) is 4.47 Å². The molecule has 9 heteroatoms. The lowest BCUT2D eigenvalue weighted by atomic mass is 10.1. The first kappa shape index (κ1) is 15.2. The molecule has 2 rings (SSSR count). The second-order valence-corrected chi connectivity index (χ2v) is 4.92. The minimum absolute atomic E-state index is 0.197. The summed E-state index contributed by atoms with van der Waals surface area (Å²) in [6, 6.07) is 1.30. The molecule has 0 amide bonds. The third kappa shape index (κ3) is 3.30. The van der Waals surface area contributed by atoms with E-state index in [2.05, 4.69) is 25.9 Å². The Morgan fingerprint density at radius 2 is 1.95 bits per heavy atom. The molecule has 110 valence electrons. The predicted molar refractivity (Wildman–Crippen MR) is 71.8 cm³/mol. The van der Waals surface area contributed by atoms with Gasteiger partial charge in [0.1, 0.15) is 6.10 Å². The number of halogens is 3. The van der Waals surface area contributed by atoms with Gasteiger partial charge >= 0.3 is 5.82 Å². The van der Waals surface area contributed by atoms with E-state index in [-0.39, 0.29) is 11.3 Å². The minimum Gasteiger partial charge on any atom is -0.478 e. The average Bonchev–Trinajstić information content (AvgIpc) is 2.38. The molecule has 1 unspecified atom stereocenters. The molecule has 0 N–H and O–H groups in total. The third-order valence-electron chi connectivity index (χ3n) is 2.57. The summed E-state index contributed by atoms with van der Waals surface area (Å²) in [5.74, 6) is -2.53. The summed E-state index contributed by atoms with van der Waals surface area (Å²) in [5.41, 5.74) is -0.362. The SMILES string of the molecule is CC(Oc1cc(Br)cnc1[N+](=O)[O-])c1c(F)cncc1F. The zero-order valence-corrected chi connectivity index (χ0v) is 12.2. The number of nitrogens with zero attached hydrogens (tertiary/aromatic N) is 3. The van der Waals surface area contributed by atoms with Gasteiger partial charge in [0.2, 0.25) is 5.75 Å². The zero-order chi connectivity index (χ0) is 15.6. The Bertz CT molecular complexity index is 679. The van der Waals surface area contributed by atoms with Gasteiger partial charge in [-0.2, -0.15) is 0 Å². The van der Waals surface area contributed by atoms with Crippen LogP contribution in [0.1, 0.15) is 18.6 Å². The molecule has 0 aliphatic rings. The van der Waals surface area contributed by atoms with E-state index in [1.165, 1.54) is 19.2 Å². The van der Waals surface area contributed by atoms with E-state index in [1.54, 1.807) is 0 Å². The summed E-state index contributed by atoms with van der Waals surface area (Å²) in [6.07, 6.45) is 1.81. The Morgan fingerprint density at radius 3 is 2.52 bits per heavy atom. The summed E-state index contributed by atoms with van der Waals surface area (Å²) >= 11 is 3.10. The molecule has 0 radical (unpaired) electrons. The number of nitro groups is 1. The van der Waals surface area contributed by atoms with E-state index < -0.39 is 28.5 Å². The Hall–Kier alpha value is -2.16. The van der Waals surface area contributed by atoms with Gasteiger partial charge in [-0.25, -0.2) is 8.78 Å². The quantitative estimate of drug-likeness (QED) is 0.615. The molecule has 0 saturated carbocycles. The Labute approximate surface area is 126 Å². The van der Waals surface area contributed by atoms with Gasteiger partial charge in [0.05, 0.1) is 22.4 Å². The monoisotopic (exact) mass is 359 g/mol. The molecule has 0 spiro atoms. The normalized spacial score (nSPS) is 12.0. The third-order valence-corrected chi connectivity index (χ3v) is 3.01. The number of aromatic nitrogens is 2. The lowest BCUT2D eigenvalue weighted by Crippen LogP contribution is -2.10. The van der Waals surface area contributed by atoms with Gasteiger partial charge in [-0.05, 0) is 32.8 Å². The van der Waals surface area contributed by atoms with Gasteiger partial charge in [-0.15, -0.1) is 0 Å². The van der Waals surface area contributed by atoms with Crippen LogP contribution in [0.25, 0.3) is 0 Å². The van der Waals surface area contributed by atoms with E-state index in [0.717, 1.165) is 12.4 Å². The topological polar surface area (TPSA) is 78.2 Å². The largest absolute Gasteiger partial charge is 0.478 e. The van der Waals surface area contributed by atoms with E-state index >= 15 is 0 Å². The first-order valence-electron chi connectivity index (χ1n) is 5.65. The van der Waals surface area contributed by atoms with Crippen molar-refractivity contribution in [2.24, 2.45) is 0 Å². The average molecular weight is 360 g/mol. The van der Waals surface area contributed by atoms with Gasteiger partial charge in [-0.1, -0.05) is 0 Å². The molecule has 0 fully saturated rings. The highest BCUT2D eigenvalue weighted by atomic mass is 79.9. The first-order chi connectivity index (χ1) is 9.90. The summed E-state index contributed by atoms with van der Waals surface area (Å²) in [6.45, 7) is 1.37. The summed E-state index contributed by atoms with van der Waals surface area (Å²) in [5, 5.41) is 10.9. The maximum atomic E-state index is 13.6. The molecular formula is C12H8BrF2N3O3. The fourth-order valence-electron chi connectivity index (χ4n) is 1.70. The van der Waals surface area contributed by atoms with Crippen LogP contribution < -0.4 is 4.74 Å². The maximum Gasteiger partial charge on any atom is 0.406 e. The molecule has 2 aromatic heterocycles. The zero-order valence-electron chi connectivity index (χ0n) is 10.6. The van der Waals surface area contributed by atoms with Gasteiger partial charge in [0.15, 0.2) is 17.8 Å². The standard InChI is InChI=1S/C12H8BrF2N3O3/c1-6(11-8(14)4-16-5-9(11)15)21-10-2-7(13)3-17-12(10)18(19)20/h2-6H,1H3. The van der Waals surface area contributed by atoms with Crippen molar-refractivity contribution in [3.05, 3.63) is 56.4 Å². The molecule has 21 heavy (non-hydrogen) atoms. The van der Waals surface area contributed by atoms with Crippen molar-refractivity contribution in [2.75, 3.05) is 0 Å². The predicted octanol–water partition coefficient (Wildman–Crippen LogP) is 3.57. The van der Waals surface area contributed by atoms with Crippen LogP contribution in [-0.2, 0) is 0 Å². The van der Waals surface area contributed by atoms with E-state index in [1.807, 2.05) is 0 Å². The highest BCUT2D eigenvalue weighted by Crippen LogP contribution is 2.32. The lowest BCUT2D eigenvalue weighted by Gasteiger charge is -2.15. The molecule has 6 nitrogen and oxygen atoms in total. The van der Waals surface area contributed by atoms with E-state index in [9.17, 15) is 18.9 Å². The second kappa shape index (κ2) is 6.08. The highest BCUT2D eigenvalue weighted by Gasteiger charge is 2.23. The maximum absolute atomic E-state index is 13.6. The van der Waals surface area contributed by atoms with Gasteiger partial charge in [0.25, 0.3) is 0 Å². The van der Waals surface area contributed by atoms with Crippen molar-refractivity contribution in [3.8, 4) is 5.75 Å². The van der Waals surface area contributed by atoms with Crippen molar-refractivity contribution >= 4 is 21.7 Å². The van der Waals surface area contributed by atoms with Crippen LogP contribution in [0.4, 0.5) is 14.6 Å². The minimum atomic E-state index is -1.09. The van der Waals surface area contributed by atoms with Crippen LogP contribution in [0.5, 0.6) is 5.75 Å². The summed E-state index contributed by atoms with van der Waals surface area (Å²) in [7, 11) is 0. The molecule has 1 atom stereocenters. The van der Waals surface area contributed by atoms with Gasteiger partial charge < -0.3 is 14.9 Å². The fourth-order valence-corrected chi connectivity index (χ4v) is 2.01. The molecule has 2 aromatic rings. The molecule has 0 aliphatic heterocycles.